The fraction of sp³-hybridized carbons (Fsp3) is 0.562. The molecule has 0 bridgehead atoms. The summed E-state index contributed by atoms with van der Waals surface area (Å²) in [7, 11) is 1.57. The van der Waals surface area contributed by atoms with Crippen LogP contribution in [0.3, 0.4) is 0 Å². The molecular formula is C16H26N2O3S2. The van der Waals surface area contributed by atoms with Crippen LogP contribution < -0.4 is 10.1 Å². The second-order valence-electron chi connectivity index (χ2n) is 4.78. The first-order valence-electron chi connectivity index (χ1n) is 7.61. The molecule has 1 rings (SSSR count). The average Bonchev–Trinajstić information content (AvgIpc) is 2.55. The highest BCUT2D eigenvalue weighted by molar-refractivity contribution is 7.96. The number of nitrogens with one attached hydrogen (secondary N) is 1. The summed E-state index contributed by atoms with van der Waals surface area (Å²) >= 11 is 7.57. The first-order valence-corrected chi connectivity index (χ1v) is 8.69. The van der Waals surface area contributed by atoms with Crippen molar-refractivity contribution < 1.29 is 14.3 Å². The Morgan fingerprint density at radius 2 is 2.00 bits per heavy atom. The lowest BCUT2D eigenvalue weighted by Gasteiger charge is -2.05. The molecule has 1 aromatic rings. The van der Waals surface area contributed by atoms with E-state index in [4.69, 9.17) is 4.74 Å². The van der Waals surface area contributed by atoms with Crippen LogP contribution in [0.5, 0.6) is 5.88 Å². The Kier molecular flexibility index (Phi) is 13.6. The molecule has 0 unspecified atom stereocenters. The molecule has 7 heteroatoms. The van der Waals surface area contributed by atoms with Gasteiger partial charge in [0.05, 0.1) is 7.11 Å². The van der Waals surface area contributed by atoms with Crippen molar-refractivity contribution in [2.75, 3.05) is 19.4 Å². The molecule has 130 valence electrons. The largest absolute Gasteiger partial charge is 0.481 e. The molecule has 0 aliphatic heterocycles. The van der Waals surface area contributed by atoms with Gasteiger partial charge < -0.3 is 10.1 Å². The number of pyridine rings is 1. The van der Waals surface area contributed by atoms with Crippen LogP contribution in [0.1, 0.15) is 38.2 Å². The maximum atomic E-state index is 11.4. The SMILES string of the molecule is CCCS.COc1ccc(CCNC(=O)CCCC(=O)S)cn1. The van der Waals surface area contributed by atoms with E-state index in [0.717, 1.165) is 11.3 Å². The number of methoxy groups -OCH3 is 1. The third-order valence-corrected chi connectivity index (χ3v) is 3.43. The summed E-state index contributed by atoms with van der Waals surface area (Å²) in [6.45, 7) is 2.66. The minimum absolute atomic E-state index is 0.0453. The highest BCUT2D eigenvalue weighted by Gasteiger charge is 2.03. The number of carbonyl (C=O) groups excluding carboxylic acids is 2. The molecule has 0 saturated carbocycles. The van der Waals surface area contributed by atoms with Crippen molar-refractivity contribution in [1.82, 2.24) is 10.3 Å². The van der Waals surface area contributed by atoms with Gasteiger partial charge in [-0.15, -0.1) is 12.6 Å². The standard InChI is InChI=1S/C13H18N2O3S.C3H8S/c1-18-12-6-5-10(9-15-12)7-8-14-11(16)3-2-4-13(17)19;1-2-3-4/h5-6,9H,2-4,7-8H2,1H3,(H,14,16)(H,17,19);4H,2-3H2,1H3. The second kappa shape index (κ2) is 14.4. The number of hydrogen-bond acceptors (Lipinski definition) is 5. The topological polar surface area (TPSA) is 68.3 Å². The van der Waals surface area contributed by atoms with Crippen LogP contribution in [0.4, 0.5) is 0 Å². The van der Waals surface area contributed by atoms with Gasteiger partial charge in [-0.1, -0.05) is 13.0 Å². The predicted octanol–water partition coefficient (Wildman–Crippen LogP) is 2.70. The lowest BCUT2D eigenvalue weighted by atomic mass is 10.2. The third kappa shape index (κ3) is 13.0. The van der Waals surface area contributed by atoms with Crippen molar-refractivity contribution in [1.29, 1.82) is 0 Å². The molecule has 1 aromatic heterocycles. The van der Waals surface area contributed by atoms with Crippen LogP contribution in [0.25, 0.3) is 0 Å². The van der Waals surface area contributed by atoms with Crippen molar-refractivity contribution in [3.8, 4) is 5.88 Å². The van der Waals surface area contributed by atoms with Crippen LogP contribution >= 0.6 is 25.3 Å². The van der Waals surface area contributed by atoms with Gasteiger partial charge in [0.1, 0.15) is 0 Å². The van der Waals surface area contributed by atoms with Gasteiger partial charge >= 0.3 is 0 Å². The molecule has 5 nitrogen and oxygen atoms in total. The normalized spacial score (nSPS) is 9.57. The number of aromatic nitrogens is 1. The predicted molar refractivity (Wildman–Crippen MR) is 99.5 cm³/mol. The van der Waals surface area contributed by atoms with Crippen LogP contribution in [0.2, 0.25) is 0 Å². The summed E-state index contributed by atoms with van der Waals surface area (Å²) < 4.78 is 4.96. The highest BCUT2D eigenvalue weighted by atomic mass is 32.1. The van der Waals surface area contributed by atoms with E-state index in [2.05, 4.69) is 42.5 Å². The number of rotatable bonds is 9. The van der Waals surface area contributed by atoms with E-state index in [1.165, 1.54) is 6.42 Å². The number of thiol groups is 2. The van der Waals surface area contributed by atoms with Crippen molar-refractivity contribution in [3.05, 3.63) is 23.9 Å². The number of nitrogens with zero attached hydrogens (tertiary/aromatic N) is 1. The molecular weight excluding hydrogens is 332 g/mol. The van der Waals surface area contributed by atoms with E-state index in [0.29, 0.717) is 38.1 Å². The molecule has 23 heavy (non-hydrogen) atoms. The Labute approximate surface area is 149 Å². The monoisotopic (exact) mass is 358 g/mol. The minimum atomic E-state index is -0.183. The van der Waals surface area contributed by atoms with Crippen molar-refractivity contribution in [3.63, 3.8) is 0 Å². The van der Waals surface area contributed by atoms with Gasteiger partial charge in [0.25, 0.3) is 0 Å². The summed E-state index contributed by atoms with van der Waals surface area (Å²) in [5.41, 5.74) is 1.03. The van der Waals surface area contributed by atoms with Crippen LogP contribution in [0.15, 0.2) is 18.3 Å². The van der Waals surface area contributed by atoms with Crippen molar-refractivity contribution >= 4 is 36.3 Å². The van der Waals surface area contributed by atoms with Gasteiger partial charge in [-0.05, 0) is 30.6 Å². The van der Waals surface area contributed by atoms with Gasteiger partial charge in [-0.3, -0.25) is 9.59 Å². The zero-order valence-corrected chi connectivity index (χ0v) is 15.5. The van der Waals surface area contributed by atoms with Crippen molar-refractivity contribution in [2.24, 2.45) is 0 Å². The first kappa shape index (κ1) is 21.8. The highest BCUT2D eigenvalue weighted by Crippen LogP contribution is 2.06. The van der Waals surface area contributed by atoms with Gasteiger partial charge in [0, 0.05) is 31.6 Å². The summed E-state index contributed by atoms with van der Waals surface area (Å²) in [6, 6.07) is 3.70. The molecule has 0 aliphatic carbocycles. The summed E-state index contributed by atoms with van der Waals surface area (Å²) in [5.74, 6) is 1.54. The fourth-order valence-corrected chi connectivity index (χ4v) is 1.67. The molecule has 0 atom stereocenters. The van der Waals surface area contributed by atoms with E-state index < -0.39 is 0 Å². The number of carbonyl (C=O) groups is 2. The van der Waals surface area contributed by atoms with Crippen LogP contribution in [0, 0.1) is 0 Å². The van der Waals surface area contributed by atoms with E-state index in [9.17, 15) is 9.59 Å². The number of amides is 1. The lowest BCUT2D eigenvalue weighted by molar-refractivity contribution is -0.121. The summed E-state index contributed by atoms with van der Waals surface area (Å²) in [6.07, 6.45) is 4.85. The molecule has 0 fully saturated rings. The Bertz CT molecular complexity index is 451. The minimum Gasteiger partial charge on any atom is -0.481 e. The molecule has 1 N–H and O–H groups in total. The van der Waals surface area contributed by atoms with Crippen LogP contribution in [-0.4, -0.2) is 35.4 Å². The third-order valence-electron chi connectivity index (χ3n) is 2.76. The van der Waals surface area contributed by atoms with Gasteiger partial charge in [-0.2, -0.15) is 12.6 Å². The zero-order valence-electron chi connectivity index (χ0n) is 13.7. The maximum Gasteiger partial charge on any atom is 0.220 e. The lowest BCUT2D eigenvalue weighted by Crippen LogP contribution is -2.25. The fourth-order valence-electron chi connectivity index (χ4n) is 1.51. The van der Waals surface area contributed by atoms with E-state index in [1.54, 1.807) is 19.4 Å². The zero-order chi connectivity index (χ0) is 17.5. The van der Waals surface area contributed by atoms with E-state index >= 15 is 0 Å². The van der Waals surface area contributed by atoms with E-state index in [-0.39, 0.29) is 11.0 Å². The summed E-state index contributed by atoms with van der Waals surface area (Å²) in [4.78, 5) is 26.1. The first-order chi connectivity index (χ1) is 11.0. The Morgan fingerprint density at radius 1 is 1.30 bits per heavy atom. The van der Waals surface area contributed by atoms with Crippen LogP contribution in [-0.2, 0) is 16.0 Å². The summed E-state index contributed by atoms with van der Waals surface area (Å²) in [5, 5.41) is 2.62. The quantitative estimate of drug-likeness (QED) is 0.594. The molecule has 1 heterocycles. The van der Waals surface area contributed by atoms with Crippen molar-refractivity contribution in [2.45, 2.75) is 39.0 Å². The maximum absolute atomic E-state index is 11.4. The smallest absolute Gasteiger partial charge is 0.220 e. The molecule has 0 aliphatic rings. The average molecular weight is 359 g/mol. The Balaban J connectivity index is 0.00000108. The molecule has 0 saturated heterocycles. The van der Waals surface area contributed by atoms with Gasteiger partial charge in [0.2, 0.25) is 11.8 Å². The molecule has 0 aromatic carbocycles. The molecule has 0 spiro atoms. The molecule has 0 radical (unpaired) electrons. The van der Waals surface area contributed by atoms with Gasteiger partial charge in [-0.25, -0.2) is 4.98 Å². The molecule has 1 amide bonds. The Hall–Kier alpha value is -1.21. The second-order valence-corrected chi connectivity index (χ2v) is 5.73. The van der Waals surface area contributed by atoms with Gasteiger partial charge in [0.15, 0.2) is 5.12 Å². The van der Waals surface area contributed by atoms with E-state index in [1.807, 2.05) is 6.07 Å². The Morgan fingerprint density at radius 3 is 2.48 bits per heavy atom. The number of ether oxygens (including phenoxy) is 1. The number of hydrogen-bond donors (Lipinski definition) is 3.